The van der Waals surface area contributed by atoms with Crippen molar-refractivity contribution in [1.29, 1.82) is 0 Å². The molecule has 10 heteroatoms. The van der Waals surface area contributed by atoms with Gasteiger partial charge >= 0.3 is 6.18 Å². The van der Waals surface area contributed by atoms with E-state index in [9.17, 15) is 21.6 Å². The fourth-order valence-electron chi connectivity index (χ4n) is 2.85. The highest BCUT2D eigenvalue weighted by Gasteiger charge is 2.32. The van der Waals surface area contributed by atoms with E-state index in [4.69, 9.17) is 0 Å². The summed E-state index contributed by atoms with van der Waals surface area (Å²) in [4.78, 5) is 5.85. The van der Waals surface area contributed by atoms with Crippen LogP contribution in [-0.4, -0.2) is 43.9 Å². The van der Waals surface area contributed by atoms with E-state index >= 15 is 0 Å². The van der Waals surface area contributed by atoms with Crippen molar-refractivity contribution in [3.63, 3.8) is 0 Å². The van der Waals surface area contributed by atoms with E-state index in [0.717, 1.165) is 17.8 Å². The van der Waals surface area contributed by atoms with Gasteiger partial charge in [-0.2, -0.15) is 17.5 Å². The van der Waals surface area contributed by atoms with E-state index in [1.165, 1.54) is 10.4 Å². The monoisotopic (exact) mass is 463 g/mol. The predicted molar refractivity (Wildman–Crippen MR) is 99.1 cm³/mol. The average molecular weight is 464 g/mol. The van der Waals surface area contributed by atoms with E-state index < -0.39 is 21.8 Å². The Bertz CT molecular complexity index is 925. The Morgan fingerprint density at radius 3 is 2.26 bits per heavy atom. The number of rotatable bonds is 3. The lowest BCUT2D eigenvalue weighted by Crippen LogP contribution is -2.49. The molecule has 1 aromatic heterocycles. The summed E-state index contributed by atoms with van der Waals surface area (Å²) in [6, 6.07) is 7.34. The predicted octanol–water partition coefficient (Wildman–Crippen LogP) is 3.68. The third-order valence-corrected chi connectivity index (χ3v) is 7.22. The molecule has 2 aromatic rings. The first kappa shape index (κ1) is 20.1. The summed E-state index contributed by atoms with van der Waals surface area (Å²) in [5.74, 6) is 0.400. The molecule has 146 valence electrons. The summed E-state index contributed by atoms with van der Waals surface area (Å²) in [6.45, 7) is 3.02. The fraction of sp³-hybridized carbons (Fsp3) is 0.353. The van der Waals surface area contributed by atoms with Gasteiger partial charge in [-0.1, -0.05) is 6.07 Å². The molecule has 0 atom stereocenters. The van der Waals surface area contributed by atoms with Crippen molar-refractivity contribution in [3.8, 4) is 0 Å². The van der Waals surface area contributed by atoms with Crippen LogP contribution in [0.25, 0.3) is 0 Å². The van der Waals surface area contributed by atoms with Crippen molar-refractivity contribution >= 4 is 31.8 Å². The molecule has 0 N–H and O–H groups in total. The lowest BCUT2D eigenvalue weighted by molar-refractivity contribution is -0.137. The highest BCUT2D eigenvalue weighted by atomic mass is 79.9. The number of nitrogens with zero attached hydrogens (tertiary/aromatic N) is 3. The van der Waals surface area contributed by atoms with Gasteiger partial charge in [-0.05, 0) is 52.7 Å². The minimum Gasteiger partial charge on any atom is -0.354 e. The molecule has 1 fully saturated rings. The van der Waals surface area contributed by atoms with Gasteiger partial charge in [0.2, 0.25) is 10.0 Å². The molecule has 3 rings (SSSR count). The number of halogens is 4. The quantitative estimate of drug-likeness (QED) is 0.696. The molecule has 0 spiro atoms. The normalized spacial score (nSPS) is 16.6. The van der Waals surface area contributed by atoms with Gasteiger partial charge in [-0.25, -0.2) is 13.4 Å². The van der Waals surface area contributed by atoms with Crippen molar-refractivity contribution in [3.05, 3.63) is 52.1 Å². The Morgan fingerprint density at radius 1 is 1.07 bits per heavy atom. The molecule has 27 heavy (non-hydrogen) atoms. The van der Waals surface area contributed by atoms with Gasteiger partial charge in [0, 0.05) is 36.8 Å². The number of piperazine rings is 1. The Kier molecular flexibility index (Phi) is 5.51. The van der Waals surface area contributed by atoms with Crippen LogP contribution in [0.4, 0.5) is 19.0 Å². The number of alkyl halides is 3. The molecule has 1 aliphatic heterocycles. The van der Waals surface area contributed by atoms with E-state index in [-0.39, 0.29) is 18.0 Å². The third kappa shape index (κ3) is 4.27. The SMILES string of the molecule is Cc1ccc(S(=O)(=O)N2CCN(c3ccc(C(F)(F)F)cn3)CC2)c(Br)c1. The topological polar surface area (TPSA) is 53.5 Å². The molecule has 5 nitrogen and oxygen atoms in total. The number of anilines is 1. The van der Waals surface area contributed by atoms with Crippen LogP contribution in [0.2, 0.25) is 0 Å². The van der Waals surface area contributed by atoms with Gasteiger partial charge in [0.1, 0.15) is 5.82 Å². The molecule has 0 aliphatic carbocycles. The second-order valence-electron chi connectivity index (χ2n) is 6.23. The van der Waals surface area contributed by atoms with Gasteiger partial charge in [-0.15, -0.1) is 0 Å². The van der Waals surface area contributed by atoms with Gasteiger partial charge in [-0.3, -0.25) is 0 Å². The zero-order valence-corrected chi connectivity index (χ0v) is 16.8. The van der Waals surface area contributed by atoms with E-state index in [2.05, 4.69) is 20.9 Å². The highest BCUT2D eigenvalue weighted by Crippen LogP contribution is 2.30. The van der Waals surface area contributed by atoms with E-state index in [1.54, 1.807) is 23.1 Å². The van der Waals surface area contributed by atoms with Crippen LogP contribution in [0.5, 0.6) is 0 Å². The Morgan fingerprint density at radius 2 is 1.74 bits per heavy atom. The Hall–Kier alpha value is -1.65. The van der Waals surface area contributed by atoms with Crippen LogP contribution < -0.4 is 4.90 Å². The fourth-order valence-corrected chi connectivity index (χ4v) is 5.43. The minimum absolute atomic E-state index is 0.203. The Balaban J connectivity index is 1.71. The number of aromatic nitrogens is 1. The first-order chi connectivity index (χ1) is 12.6. The van der Waals surface area contributed by atoms with Crippen LogP contribution in [0.3, 0.4) is 0 Å². The zero-order chi connectivity index (χ0) is 19.8. The minimum atomic E-state index is -4.43. The summed E-state index contributed by atoms with van der Waals surface area (Å²) in [5, 5.41) is 0. The largest absolute Gasteiger partial charge is 0.417 e. The molecule has 0 saturated carbocycles. The van der Waals surface area contributed by atoms with E-state index in [0.29, 0.717) is 23.4 Å². The van der Waals surface area contributed by atoms with Crippen molar-refractivity contribution in [2.45, 2.75) is 18.0 Å². The van der Waals surface area contributed by atoms with Crippen molar-refractivity contribution in [2.24, 2.45) is 0 Å². The molecule has 1 aliphatic rings. The summed E-state index contributed by atoms with van der Waals surface area (Å²) in [5.41, 5.74) is 0.135. The second-order valence-corrected chi connectivity index (χ2v) is 8.99. The number of hydrogen-bond acceptors (Lipinski definition) is 4. The number of aryl methyl sites for hydroxylation is 1. The number of hydrogen-bond donors (Lipinski definition) is 0. The molecule has 0 amide bonds. The number of benzene rings is 1. The first-order valence-corrected chi connectivity index (χ1v) is 10.4. The molecule has 1 aromatic carbocycles. The Labute approximate surface area is 164 Å². The maximum absolute atomic E-state index is 12.9. The average Bonchev–Trinajstić information content (AvgIpc) is 2.61. The molecule has 2 heterocycles. The maximum atomic E-state index is 12.9. The second kappa shape index (κ2) is 7.40. The van der Waals surface area contributed by atoms with Gasteiger partial charge in [0.25, 0.3) is 0 Å². The van der Waals surface area contributed by atoms with Crippen LogP contribution >= 0.6 is 15.9 Å². The molecule has 1 saturated heterocycles. The van der Waals surface area contributed by atoms with Crippen LogP contribution in [-0.2, 0) is 16.2 Å². The summed E-state index contributed by atoms with van der Waals surface area (Å²) in [6.07, 6.45) is -3.64. The summed E-state index contributed by atoms with van der Waals surface area (Å²) >= 11 is 3.30. The molecular formula is C17H17BrF3N3O2S. The van der Waals surface area contributed by atoms with Crippen LogP contribution in [0, 0.1) is 6.92 Å². The number of pyridine rings is 1. The maximum Gasteiger partial charge on any atom is 0.417 e. The van der Waals surface area contributed by atoms with Gasteiger partial charge in [0.15, 0.2) is 0 Å². The molecular weight excluding hydrogens is 447 g/mol. The van der Waals surface area contributed by atoms with Gasteiger partial charge < -0.3 is 4.90 Å². The summed E-state index contributed by atoms with van der Waals surface area (Å²) in [7, 11) is -3.65. The lowest BCUT2D eigenvalue weighted by Gasteiger charge is -2.34. The van der Waals surface area contributed by atoms with E-state index in [1.807, 2.05) is 6.92 Å². The number of sulfonamides is 1. The van der Waals surface area contributed by atoms with Crippen molar-refractivity contribution < 1.29 is 21.6 Å². The van der Waals surface area contributed by atoms with Crippen molar-refractivity contribution in [1.82, 2.24) is 9.29 Å². The molecule has 0 bridgehead atoms. The third-order valence-electron chi connectivity index (χ3n) is 4.34. The smallest absolute Gasteiger partial charge is 0.354 e. The summed E-state index contributed by atoms with van der Waals surface area (Å²) < 4.78 is 65.5. The zero-order valence-electron chi connectivity index (χ0n) is 14.4. The molecule has 0 radical (unpaired) electrons. The van der Waals surface area contributed by atoms with Crippen LogP contribution in [0.1, 0.15) is 11.1 Å². The highest BCUT2D eigenvalue weighted by molar-refractivity contribution is 9.10. The van der Waals surface area contributed by atoms with Crippen molar-refractivity contribution in [2.75, 3.05) is 31.1 Å². The lowest BCUT2D eigenvalue weighted by atomic mass is 10.2. The van der Waals surface area contributed by atoms with Crippen LogP contribution in [0.15, 0.2) is 45.9 Å². The first-order valence-electron chi connectivity index (χ1n) is 8.13. The molecule has 0 unspecified atom stereocenters. The standard InChI is InChI=1S/C17H17BrF3N3O2S/c1-12-2-4-15(14(18)10-12)27(25,26)24-8-6-23(7-9-24)16-5-3-13(11-22-16)17(19,20)21/h2-5,10-11H,6-9H2,1H3. The van der Waals surface area contributed by atoms with Gasteiger partial charge in [0.05, 0.1) is 10.5 Å².